The molecule has 6 heteroatoms. The van der Waals surface area contributed by atoms with Crippen LogP contribution in [0.3, 0.4) is 0 Å². The fourth-order valence-electron chi connectivity index (χ4n) is 2.39. The highest BCUT2D eigenvalue weighted by Gasteiger charge is 2.32. The van der Waals surface area contributed by atoms with E-state index in [2.05, 4.69) is 56.7 Å². The molecule has 1 fully saturated rings. The molecule has 0 saturated carbocycles. The van der Waals surface area contributed by atoms with Crippen LogP contribution in [0, 0.1) is 5.92 Å². The molecular weight excluding hydrogens is 282 g/mol. The summed E-state index contributed by atoms with van der Waals surface area (Å²) in [6.45, 7) is 4.24. The Labute approximate surface area is 110 Å². The van der Waals surface area contributed by atoms with Gasteiger partial charge in [0.05, 0.1) is 0 Å². The monoisotopic (exact) mass is 299 g/mol. The van der Waals surface area contributed by atoms with Crippen LogP contribution in [0.25, 0.3) is 0 Å². The number of aromatic nitrogens is 2. The number of rotatable bonds is 2. The molecule has 1 aromatic rings. The number of nitrogens with two attached hydrogens (primary N) is 1. The topological polar surface area (TPSA) is 58.3 Å². The standard InChI is InChI=1S/C11H18BrN5/c1-7-4-17(5-8(7)16(2)3)11-9(12)10(13)14-6-15-11/h6-8H,4-5H2,1-3H3,(H2,13,14,15). The van der Waals surface area contributed by atoms with Crippen LogP contribution in [0.2, 0.25) is 0 Å². The van der Waals surface area contributed by atoms with Crippen molar-refractivity contribution in [2.75, 3.05) is 37.8 Å². The van der Waals surface area contributed by atoms with Gasteiger partial charge in [-0.25, -0.2) is 9.97 Å². The average molecular weight is 300 g/mol. The zero-order valence-corrected chi connectivity index (χ0v) is 12.0. The number of anilines is 2. The van der Waals surface area contributed by atoms with Crippen molar-refractivity contribution in [2.24, 2.45) is 5.92 Å². The van der Waals surface area contributed by atoms with E-state index in [0.717, 1.165) is 23.4 Å². The molecule has 2 unspecified atom stereocenters. The number of hydrogen-bond acceptors (Lipinski definition) is 5. The van der Waals surface area contributed by atoms with E-state index in [4.69, 9.17) is 5.73 Å². The summed E-state index contributed by atoms with van der Waals surface area (Å²) in [6.07, 6.45) is 1.52. The first-order valence-corrected chi connectivity index (χ1v) is 6.47. The van der Waals surface area contributed by atoms with Gasteiger partial charge in [0.1, 0.15) is 22.4 Å². The molecule has 0 spiro atoms. The van der Waals surface area contributed by atoms with Crippen molar-refractivity contribution in [3.05, 3.63) is 10.8 Å². The van der Waals surface area contributed by atoms with Crippen molar-refractivity contribution < 1.29 is 0 Å². The maximum atomic E-state index is 5.78. The predicted octanol–water partition coefficient (Wildman–Crippen LogP) is 1.21. The summed E-state index contributed by atoms with van der Waals surface area (Å²) in [5, 5.41) is 0. The number of nitrogens with zero attached hydrogens (tertiary/aromatic N) is 4. The van der Waals surface area contributed by atoms with Crippen LogP contribution in [-0.2, 0) is 0 Å². The molecule has 2 atom stereocenters. The minimum atomic E-state index is 0.496. The molecule has 17 heavy (non-hydrogen) atoms. The van der Waals surface area contributed by atoms with Crippen LogP contribution >= 0.6 is 15.9 Å². The zero-order chi connectivity index (χ0) is 12.6. The van der Waals surface area contributed by atoms with Gasteiger partial charge < -0.3 is 15.5 Å². The lowest BCUT2D eigenvalue weighted by atomic mass is 10.1. The van der Waals surface area contributed by atoms with Gasteiger partial charge in [0, 0.05) is 19.1 Å². The van der Waals surface area contributed by atoms with Crippen molar-refractivity contribution >= 4 is 27.6 Å². The highest BCUT2D eigenvalue weighted by Crippen LogP contribution is 2.32. The molecule has 0 amide bonds. The summed E-state index contributed by atoms with van der Waals surface area (Å²) in [4.78, 5) is 12.8. The Morgan fingerprint density at radius 3 is 2.71 bits per heavy atom. The minimum absolute atomic E-state index is 0.496. The maximum absolute atomic E-state index is 5.78. The molecule has 2 rings (SSSR count). The van der Waals surface area contributed by atoms with E-state index < -0.39 is 0 Å². The summed E-state index contributed by atoms with van der Waals surface area (Å²) in [5.74, 6) is 2.01. The first-order chi connectivity index (χ1) is 8.00. The van der Waals surface area contributed by atoms with Crippen molar-refractivity contribution in [3.8, 4) is 0 Å². The third kappa shape index (κ3) is 2.37. The van der Waals surface area contributed by atoms with Crippen LogP contribution in [0.15, 0.2) is 10.8 Å². The molecule has 1 saturated heterocycles. The number of halogens is 1. The van der Waals surface area contributed by atoms with E-state index in [1.54, 1.807) is 0 Å². The molecule has 0 radical (unpaired) electrons. The van der Waals surface area contributed by atoms with E-state index in [0.29, 0.717) is 17.8 Å². The predicted molar refractivity (Wildman–Crippen MR) is 73.0 cm³/mol. The van der Waals surface area contributed by atoms with E-state index in [1.165, 1.54) is 6.33 Å². The Morgan fingerprint density at radius 1 is 1.41 bits per heavy atom. The quantitative estimate of drug-likeness (QED) is 0.889. The van der Waals surface area contributed by atoms with Gasteiger partial charge in [0.15, 0.2) is 0 Å². The molecule has 1 aliphatic rings. The summed E-state index contributed by atoms with van der Waals surface area (Å²) >= 11 is 3.46. The molecule has 2 heterocycles. The van der Waals surface area contributed by atoms with Gasteiger partial charge in [-0.05, 0) is 35.9 Å². The van der Waals surface area contributed by atoms with Crippen LogP contribution in [0.5, 0.6) is 0 Å². The molecule has 94 valence electrons. The Balaban J connectivity index is 2.23. The minimum Gasteiger partial charge on any atom is -0.383 e. The second-order valence-electron chi connectivity index (χ2n) is 4.81. The second-order valence-corrected chi connectivity index (χ2v) is 5.60. The van der Waals surface area contributed by atoms with Crippen molar-refractivity contribution in [1.29, 1.82) is 0 Å². The first-order valence-electron chi connectivity index (χ1n) is 5.68. The lowest BCUT2D eigenvalue weighted by molar-refractivity contribution is 0.266. The Hall–Kier alpha value is -0.880. The third-order valence-corrected chi connectivity index (χ3v) is 4.09. The van der Waals surface area contributed by atoms with Crippen molar-refractivity contribution in [3.63, 3.8) is 0 Å². The van der Waals surface area contributed by atoms with Gasteiger partial charge in [0.2, 0.25) is 0 Å². The van der Waals surface area contributed by atoms with E-state index in [-0.39, 0.29) is 0 Å². The zero-order valence-electron chi connectivity index (χ0n) is 10.4. The smallest absolute Gasteiger partial charge is 0.148 e. The molecule has 2 N–H and O–H groups in total. The average Bonchev–Trinajstić information content (AvgIpc) is 2.64. The first kappa shape index (κ1) is 12.6. The largest absolute Gasteiger partial charge is 0.383 e. The van der Waals surface area contributed by atoms with Crippen LogP contribution in [0.4, 0.5) is 11.6 Å². The molecule has 0 aromatic carbocycles. The Morgan fingerprint density at radius 2 is 2.12 bits per heavy atom. The maximum Gasteiger partial charge on any atom is 0.148 e. The van der Waals surface area contributed by atoms with Gasteiger partial charge >= 0.3 is 0 Å². The second kappa shape index (κ2) is 4.78. The molecular formula is C11H18BrN5. The molecule has 1 aliphatic heterocycles. The molecule has 0 aliphatic carbocycles. The lowest BCUT2D eigenvalue weighted by Gasteiger charge is -2.23. The van der Waals surface area contributed by atoms with Gasteiger partial charge in [-0.15, -0.1) is 0 Å². The number of likely N-dealkylation sites (N-methyl/N-ethyl adjacent to an activating group) is 1. The van der Waals surface area contributed by atoms with Crippen molar-refractivity contribution in [2.45, 2.75) is 13.0 Å². The Bertz CT molecular complexity index is 409. The molecule has 5 nitrogen and oxygen atoms in total. The van der Waals surface area contributed by atoms with E-state index in [9.17, 15) is 0 Å². The Kier molecular flexibility index (Phi) is 3.53. The number of hydrogen-bond donors (Lipinski definition) is 1. The highest BCUT2D eigenvalue weighted by molar-refractivity contribution is 9.10. The van der Waals surface area contributed by atoms with Gasteiger partial charge in [-0.2, -0.15) is 0 Å². The van der Waals surface area contributed by atoms with Crippen LogP contribution in [-0.4, -0.2) is 48.1 Å². The lowest BCUT2D eigenvalue weighted by Crippen LogP contribution is -2.34. The van der Waals surface area contributed by atoms with Crippen LogP contribution in [0.1, 0.15) is 6.92 Å². The van der Waals surface area contributed by atoms with Gasteiger partial charge in [0.25, 0.3) is 0 Å². The summed E-state index contributed by atoms with van der Waals surface area (Å²) in [7, 11) is 4.24. The highest BCUT2D eigenvalue weighted by atomic mass is 79.9. The SMILES string of the molecule is CC1CN(c2ncnc(N)c2Br)CC1N(C)C. The summed E-state index contributed by atoms with van der Waals surface area (Å²) in [6, 6.07) is 0.554. The van der Waals surface area contributed by atoms with Crippen molar-refractivity contribution in [1.82, 2.24) is 14.9 Å². The van der Waals surface area contributed by atoms with Gasteiger partial charge in [-0.1, -0.05) is 6.92 Å². The number of nitrogen functional groups attached to an aromatic ring is 1. The van der Waals surface area contributed by atoms with Crippen LogP contribution < -0.4 is 10.6 Å². The van der Waals surface area contributed by atoms with E-state index in [1.807, 2.05) is 0 Å². The van der Waals surface area contributed by atoms with Gasteiger partial charge in [-0.3, -0.25) is 0 Å². The fourth-order valence-corrected chi connectivity index (χ4v) is 2.84. The molecule has 1 aromatic heterocycles. The fraction of sp³-hybridized carbons (Fsp3) is 0.636. The molecule has 0 bridgehead atoms. The normalized spacial score (nSPS) is 24.6. The third-order valence-electron chi connectivity index (χ3n) is 3.33. The van der Waals surface area contributed by atoms with E-state index >= 15 is 0 Å². The summed E-state index contributed by atoms with van der Waals surface area (Å²) in [5.41, 5.74) is 5.78. The summed E-state index contributed by atoms with van der Waals surface area (Å²) < 4.78 is 0.798.